The van der Waals surface area contributed by atoms with Crippen LogP contribution in [0.3, 0.4) is 0 Å². The van der Waals surface area contributed by atoms with E-state index in [-0.39, 0.29) is 31.1 Å². The summed E-state index contributed by atoms with van der Waals surface area (Å²) in [5.41, 5.74) is 0. The zero-order chi connectivity index (χ0) is 16.3. The van der Waals surface area contributed by atoms with E-state index in [0.29, 0.717) is 0 Å². The van der Waals surface area contributed by atoms with Crippen molar-refractivity contribution >= 4 is 17.8 Å². The van der Waals surface area contributed by atoms with Crippen LogP contribution in [0.2, 0.25) is 0 Å². The summed E-state index contributed by atoms with van der Waals surface area (Å²) < 4.78 is 0. The Labute approximate surface area is 125 Å². The van der Waals surface area contributed by atoms with Gasteiger partial charge in [-0.15, -0.1) is 0 Å². The van der Waals surface area contributed by atoms with Gasteiger partial charge in [0.2, 0.25) is 5.91 Å². The van der Waals surface area contributed by atoms with Crippen LogP contribution in [0.15, 0.2) is 0 Å². The van der Waals surface area contributed by atoms with E-state index >= 15 is 0 Å². The molecule has 2 atom stereocenters. The SMILES string of the molecule is CCCCCCC(C)CC(=O)N[C@@H](CCC(=O)O)C(=O)O. The number of rotatable bonds is 12. The average molecular weight is 301 g/mol. The molecule has 0 radical (unpaired) electrons. The predicted molar refractivity (Wildman–Crippen MR) is 79.0 cm³/mol. The maximum absolute atomic E-state index is 11.8. The number of hydrogen-bond donors (Lipinski definition) is 3. The van der Waals surface area contributed by atoms with Crippen LogP contribution in [-0.4, -0.2) is 34.1 Å². The maximum Gasteiger partial charge on any atom is 0.326 e. The normalized spacial score (nSPS) is 13.4. The van der Waals surface area contributed by atoms with E-state index < -0.39 is 18.0 Å². The summed E-state index contributed by atoms with van der Waals surface area (Å²) in [6.07, 6.45) is 5.44. The lowest BCUT2D eigenvalue weighted by Crippen LogP contribution is -2.41. The Hall–Kier alpha value is -1.59. The number of aliphatic carboxylic acids is 2. The van der Waals surface area contributed by atoms with Crippen molar-refractivity contribution in [3.05, 3.63) is 0 Å². The number of amides is 1. The van der Waals surface area contributed by atoms with Crippen LogP contribution in [0.1, 0.15) is 65.2 Å². The van der Waals surface area contributed by atoms with Crippen molar-refractivity contribution in [2.24, 2.45) is 5.92 Å². The van der Waals surface area contributed by atoms with E-state index in [1.165, 1.54) is 12.8 Å². The quantitative estimate of drug-likeness (QED) is 0.480. The molecule has 0 aromatic heterocycles. The molecule has 21 heavy (non-hydrogen) atoms. The topological polar surface area (TPSA) is 104 Å². The van der Waals surface area contributed by atoms with Gasteiger partial charge in [0.25, 0.3) is 0 Å². The molecular weight excluding hydrogens is 274 g/mol. The van der Waals surface area contributed by atoms with Crippen LogP contribution in [0.25, 0.3) is 0 Å². The van der Waals surface area contributed by atoms with E-state index in [2.05, 4.69) is 12.2 Å². The number of nitrogens with one attached hydrogen (secondary N) is 1. The molecule has 1 unspecified atom stereocenters. The molecule has 0 aromatic carbocycles. The fourth-order valence-corrected chi connectivity index (χ4v) is 2.12. The van der Waals surface area contributed by atoms with Gasteiger partial charge in [-0.2, -0.15) is 0 Å². The molecule has 0 saturated heterocycles. The highest BCUT2D eigenvalue weighted by molar-refractivity contribution is 5.84. The summed E-state index contributed by atoms with van der Waals surface area (Å²) in [5, 5.41) is 19.9. The Kier molecular flexibility index (Phi) is 10.3. The molecule has 0 rings (SSSR count). The largest absolute Gasteiger partial charge is 0.481 e. The summed E-state index contributed by atoms with van der Waals surface area (Å²) in [6.45, 7) is 4.11. The number of unbranched alkanes of at least 4 members (excludes halogenated alkanes) is 3. The molecule has 0 aromatic rings. The second-order valence-corrected chi connectivity index (χ2v) is 5.55. The summed E-state index contributed by atoms with van der Waals surface area (Å²) in [6, 6.07) is -1.12. The molecule has 0 bridgehead atoms. The number of carboxylic acids is 2. The van der Waals surface area contributed by atoms with Crippen LogP contribution < -0.4 is 5.32 Å². The van der Waals surface area contributed by atoms with Gasteiger partial charge in [-0.3, -0.25) is 9.59 Å². The summed E-state index contributed by atoms with van der Waals surface area (Å²) in [7, 11) is 0. The molecule has 0 aliphatic carbocycles. The highest BCUT2D eigenvalue weighted by atomic mass is 16.4. The lowest BCUT2D eigenvalue weighted by molar-refractivity contribution is -0.143. The lowest BCUT2D eigenvalue weighted by atomic mass is 9.99. The Morgan fingerprint density at radius 3 is 2.24 bits per heavy atom. The van der Waals surface area contributed by atoms with Gasteiger partial charge in [0.1, 0.15) is 6.04 Å². The van der Waals surface area contributed by atoms with Crippen molar-refractivity contribution in [3.8, 4) is 0 Å². The number of carbonyl (C=O) groups is 3. The predicted octanol–water partition coefficient (Wildman–Crippen LogP) is 2.42. The number of carboxylic acid groups (broad SMARTS) is 2. The number of carbonyl (C=O) groups excluding carboxylic acids is 1. The van der Waals surface area contributed by atoms with Crippen molar-refractivity contribution in [2.75, 3.05) is 0 Å². The Morgan fingerprint density at radius 1 is 1.05 bits per heavy atom. The van der Waals surface area contributed by atoms with Crippen LogP contribution in [-0.2, 0) is 14.4 Å². The van der Waals surface area contributed by atoms with E-state index in [1.807, 2.05) is 6.92 Å². The second kappa shape index (κ2) is 11.1. The Bertz CT molecular complexity index is 343. The highest BCUT2D eigenvalue weighted by Crippen LogP contribution is 2.14. The van der Waals surface area contributed by atoms with E-state index in [4.69, 9.17) is 10.2 Å². The molecule has 0 aliphatic rings. The molecule has 0 saturated carbocycles. The minimum Gasteiger partial charge on any atom is -0.481 e. The standard InChI is InChI=1S/C15H27NO5/c1-3-4-5-6-7-11(2)10-13(17)16-12(15(20)21)8-9-14(18)19/h11-12H,3-10H2,1-2H3,(H,16,17)(H,18,19)(H,20,21)/t11?,12-/m0/s1. The first-order chi connectivity index (χ1) is 9.86. The molecule has 0 fully saturated rings. The smallest absolute Gasteiger partial charge is 0.326 e. The van der Waals surface area contributed by atoms with E-state index in [9.17, 15) is 14.4 Å². The van der Waals surface area contributed by atoms with Crippen molar-refractivity contribution in [2.45, 2.75) is 71.3 Å². The van der Waals surface area contributed by atoms with Crippen molar-refractivity contribution < 1.29 is 24.6 Å². The molecule has 6 heteroatoms. The highest BCUT2D eigenvalue weighted by Gasteiger charge is 2.21. The third-order valence-corrected chi connectivity index (χ3v) is 3.36. The first-order valence-corrected chi connectivity index (χ1v) is 7.60. The Morgan fingerprint density at radius 2 is 1.71 bits per heavy atom. The van der Waals surface area contributed by atoms with Crippen molar-refractivity contribution in [1.29, 1.82) is 0 Å². The minimum atomic E-state index is -1.19. The van der Waals surface area contributed by atoms with Crippen LogP contribution in [0, 0.1) is 5.92 Å². The summed E-state index contributed by atoms with van der Waals surface area (Å²) >= 11 is 0. The van der Waals surface area contributed by atoms with E-state index in [0.717, 1.165) is 19.3 Å². The second-order valence-electron chi connectivity index (χ2n) is 5.55. The van der Waals surface area contributed by atoms with Gasteiger partial charge < -0.3 is 15.5 Å². The van der Waals surface area contributed by atoms with Crippen LogP contribution >= 0.6 is 0 Å². The molecule has 6 nitrogen and oxygen atoms in total. The lowest BCUT2D eigenvalue weighted by Gasteiger charge is -2.16. The molecule has 0 spiro atoms. The number of hydrogen-bond acceptors (Lipinski definition) is 3. The van der Waals surface area contributed by atoms with Gasteiger partial charge in [-0.25, -0.2) is 4.79 Å². The molecule has 1 amide bonds. The third kappa shape index (κ3) is 10.8. The average Bonchev–Trinajstić information content (AvgIpc) is 2.39. The molecule has 122 valence electrons. The molecule has 3 N–H and O–H groups in total. The third-order valence-electron chi connectivity index (χ3n) is 3.36. The monoisotopic (exact) mass is 301 g/mol. The zero-order valence-corrected chi connectivity index (χ0v) is 12.9. The zero-order valence-electron chi connectivity index (χ0n) is 12.9. The molecular formula is C15H27NO5. The van der Waals surface area contributed by atoms with Crippen molar-refractivity contribution in [3.63, 3.8) is 0 Å². The van der Waals surface area contributed by atoms with Gasteiger partial charge in [0.15, 0.2) is 0 Å². The van der Waals surface area contributed by atoms with Gasteiger partial charge in [-0.05, 0) is 12.3 Å². The van der Waals surface area contributed by atoms with Crippen LogP contribution in [0.4, 0.5) is 0 Å². The van der Waals surface area contributed by atoms with E-state index in [1.54, 1.807) is 0 Å². The molecule has 0 aliphatic heterocycles. The maximum atomic E-state index is 11.8. The van der Waals surface area contributed by atoms with Gasteiger partial charge in [0, 0.05) is 12.8 Å². The van der Waals surface area contributed by atoms with Gasteiger partial charge in [-0.1, -0.05) is 46.0 Å². The summed E-state index contributed by atoms with van der Waals surface area (Å²) in [5.74, 6) is -2.38. The van der Waals surface area contributed by atoms with Gasteiger partial charge >= 0.3 is 11.9 Å². The first kappa shape index (κ1) is 19.4. The fourth-order valence-electron chi connectivity index (χ4n) is 2.12. The van der Waals surface area contributed by atoms with Crippen molar-refractivity contribution in [1.82, 2.24) is 5.32 Å². The fraction of sp³-hybridized carbons (Fsp3) is 0.800. The Balaban J connectivity index is 4.06. The molecule has 0 heterocycles. The first-order valence-electron chi connectivity index (χ1n) is 7.60. The van der Waals surface area contributed by atoms with Gasteiger partial charge in [0.05, 0.1) is 0 Å². The minimum absolute atomic E-state index is 0.0959. The van der Waals surface area contributed by atoms with Crippen LogP contribution in [0.5, 0.6) is 0 Å². The summed E-state index contributed by atoms with van der Waals surface area (Å²) in [4.78, 5) is 33.2.